The maximum absolute atomic E-state index is 10.9. The van der Waals surface area contributed by atoms with Gasteiger partial charge in [0, 0.05) is 12.8 Å². The van der Waals surface area contributed by atoms with Gasteiger partial charge in [0.25, 0.3) is 0 Å². The molecule has 0 atom stereocenters. The van der Waals surface area contributed by atoms with Crippen LogP contribution in [0.25, 0.3) is 0 Å². The number of allylic oxidation sites excluding steroid dienone is 3. The summed E-state index contributed by atoms with van der Waals surface area (Å²) in [5.74, 6) is 0.275. The van der Waals surface area contributed by atoms with Crippen molar-refractivity contribution >= 4 is 5.78 Å². The molecule has 0 aliphatic heterocycles. The average Bonchev–Trinajstić information content (AvgIpc) is 1.87. The van der Waals surface area contributed by atoms with Gasteiger partial charge in [-0.25, -0.2) is 0 Å². The average molecular weight is 152 g/mol. The number of carbonyl (C=O) groups excluding carboxylic acids is 1. The molecule has 0 saturated heterocycles. The lowest BCUT2D eigenvalue weighted by atomic mass is 10.1. The van der Waals surface area contributed by atoms with Crippen LogP contribution in [-0.2, 0) is 4.79 Å². The van der Waals surface area contributed by atoms with Crippen LogP contribution in [0.2, 0.25) is 0 Å². The molecule has 1 nitrogen and oxygen atoms in total. The first-order valence-electron chi connectivity index (χ1n) is 3.92. The Labute approximate surface area is 68.8 Å². The van der Waals surface area contributed by atoms with Crippen LogP contribution in [0.5, 0.6) is 0 Å². The predicted octanol–water partition coefficient (Wildman–Crippen LogP) is 2.88. The molecule has 0 amide bonds. The third kappa shape index (κ3) is 7.04. The quantitative estimate of drug-likeness (QED) is 0.553. The second kappa shape index (κ2) is 5.90. The standard InChI is InChI=1S/C10H16O/c1-4-6-10(11)8-5-7-9(2)3/h4,7H,1,5-6,8H2,2-3H3. The Morgan fingerprint density at radius 1 is 1.45 bits per heavy atom. The predicted molar refractivity (Wildman–Crippen MR) is 48.5 cm³/mol. The zero-order valence-electron chi connectivity index (χ0n) is 7.39. The van der Waals surface area contributed by atoms with Gasteiger partial charge in [0.05, 0.1) is 0 Å². The van der Waals surface area contributed by atoms with E-state index < -0.39 is 0 Å². The largest absolute Gasteiger partial charge is 0.299 e. The number of carbonyl (C=O) groups is 1. The van der Waals surface area contributed by atoms with Crippen molar-refractivity contribution in [2.75, 3.05) is 0 Å². The van der Waals surface area contributed by atoms with Gasteiger partial charge < -0.3 is 0 Å². The fraction of sp³-hybridized carbons (Fsp3) is 0.500. The summed E-state index contributed by atoms with van der Waals surface area (Å²) in [5.41, 5.74) is 1.27. The summed E-state index contributed by atoms with van der Waals surface area (Å²) in [5, 5.41) is 0. The molecule has 0 aliphatic rings. The van der Waals surface area contributed by atoms with Crippen LogP contribution in [0.15, 0.2) is 24.3 Å². The summed E-state index contributed by atoms with van der Waals surface area (Å²) in [7, 11) is 0. The van der Waals surface area contributed by atoms with E-state index in [1.54, 1.807) is 6.08 Å². The van der Waals surface area contributed by atoms with Crippen LogP contribution < -0.4 is 0 Å². The highest BCUT2D eigenvalue weighted by molar-refractivity contribution is 5.79. The zero-order valence-corrected chi connectivity index (χ0v) is 7.39. The van der Waals surface area contributed by atoms with Crippen LogP contribution in [0, 0.1) is 0 Å². The van der Waals surface area contributed by atoms with Crippen LogP contribution >= 0.6 is 0 Å². The van der Waals surface area contributed by atoms with E-state index >= 15 is 0 Å². The van der Waals surface area contributed by atoms with Crippen LogP contribution in [-0.4, -0.2) is 5.78 Å². The normalized spacial score (nSPS) is 8.91. The molecule has 0 N–H and O–H groups in total. The third-order valence-electron chi connectivity index (χ3n) is 1.35. The summed E-state index contributed by atoms with van der Waals surface area (Å²) in [6, 6.07) is 0. The Kier molecular flexibility index (Phi) is 5.44. The topological polar surface area (TPSA) is 17.1 Å². The van der Waals surface area contributed by atoms with E-state index in [9.17, 15) is 4.79 Å². The molecule has 0 spiro atoms. The van der Waals surface area contributed by atoms with Crippen molar-refractivity contribution in [3.63, 3.8) is 0 Å². The van der Waals surface area contributed by atoms with E-state index in [0.29, 0.717) is 12.8 Å². The number of hydrogen-bond donors (Lipinski definition) is 0. The monoisotopic (exact) mass is 152 g/mol. The SMILES string of the molecule is C=CCC(=O)CCC=C(C)C. The fourth-order valence-corrected chi connectivity index (χ4v) is 0.785. The maximum atomic E-state index is 10.9. The Hall–Kier alpha value is -0.850. The molecule has 0 radical (unpaired) electrons. The van der Waals surface area contributed by atoms with Gasteiger partial charge >= 0.3 is 0 Å². The van der Waals surface area contributed by atoms with E-state index in [1.165, 1.54) is 5.57 Å². The highest BCUT2D eigenvalue weighted by Crippen LogP contribution is 1.99. The lowest BCUT2D eigenvalue weighted by Crippen LogP contribution is -1.93. The van der Waals surface area contributed by atoms with Gasteiger partial charge in [0.1, 0.15) is 5.78 Å². The second-order valence-corrected chi connectivity index (χ2v) is 2.85. The first-order valence-corrected chi connectivity index (χ1v) is 3.92. The second-order valence-electron chi connectivity index (χ2n) is 2.85. The van der Waals surface area contributed by atoms with E-state index in [-0.39, 0.29) is 5.78 Å². The molecule has 0 aromatic heterocycles. The molecule has 0 fully saturated rings. The van der Waals surface area contributed by atoms with Crippen LogP contribution in [0.3, 0.4) is 0 Å². The van der Waals surface area contributed by atoms with Crippen molar-refractivity contribution in [1.82, 2.24) is 0 Å². The smallest absolute Gasteiger partial charge is 0.136 e. The molecule has 1 heteroatoms. The summed E-state index contributed by atoms with van der Waals surface area (Å²) in [6.07, 6.45) is 5.77. The fourth-order valence-electron chi connectivity index (χ4n) is 0.785. The van der Waals surface area contributed by atoms with Gasteiger partial charge in [-0.15, -0.1) is 6.58 Å². The van der Waals surface area contributed by atoms with Crippen molar-refractivity contribution < 1.29 is 4.79 Å². The Morgan fingerprint density at radius 3 is 2.55 bits per heavy atom. The van der Waals surface area contributed by atoms with E-state index in [4.69, 9.17) is 0 Å². The third-order valence-corrected chi connectivity index (χ3v) is 1.35. The summed E-state index contributed by atoms with van der Waals surface area (Å²) >= 11 is 0. The Balaban J connectivity index is 3.46. The van der Waals surface area contributed by atoms with Gasteiger partial charge in [0.2, 0.25) is 0 Å². The van der Waals surface area contributed by atoms with Gasteiger partial charge in [-0.3, -0.25) is 4.79 Å². The molecule has 0 unspecified atom stereocenters. The molecular weight excluding hydrogens is 136 g/mol. The van der Waals surface area contributed by atoms with Crippen molar-refractivity contribution in [1.29, 1.82) is 0 Å². The van der Waals surface area contributed by atoms with E-state index in [2.05, 4.69) is 12.7 Å². The highest BCUT2D eigenvalue weighted by Gasteiger charge is 1.95. The molecule has 0 bridgehead atoms. The zero-order chi connectivity index (χ0) is 8.69. The molecule has 0 aromatic carbocycles. The number of hydrogen-bond acceptors (Lipinski definition) is 1. The summed E-state index contributed by atoms with van der Waals surface area (Å²) in [6.45, 7) is 7.59. The highest BCUT2D eigenvalue weighted by atomic mass is 16.1. The van der Waals surface area contributed by atoms with Gasteiger partial charge in [-0.2, -0.15) is 0 Å². The summed E-state index contributed by atoms with van der Waals surface area (Å²) < 4.78 is 0. The number of ketones is 1. The minimum Gasteiger partial charge on any atom is -0.299 e. The van der Waals surface area contributed by atoms with E-state index in [0.717, 1.165) is 6.42 Å². The molecule has 0 heterocycles. The molecule has 0 saturated carbocycles. The first-order chi connectivity index (χ1) is 5.16. The van der Waals surface area contributed by atoms with Crippen molar-refractivity contribution in [2.45, 2.75) is 33.1 Å². The number of rotatable bonds is 5. The lowest BCUT2D eigenvalue weighted by Gasteiger charge is -1.93. The van der Waals surface area contributed by atoms with Crippen LogP contribution in [0.1, 0.15) is 33.1 Å². The molecule has 0 aromatic rings. The van der Waals surface area contributed by atoms with Gasteiger partial charge in [0.15, 0.2) is 0 Å². The Bertz CT molecular complexity index is 162. The minimum atomic E-state index is 0.275. The van der Waals surface area contributed by atoms with Crippen molar-refractivity contribution in [2.24, 2.45) is 0 Å². The molecule has 11 heavy (non-hydrogen) atoms. The van der Waals surface area contributed by atoms with Crippen LogP contribution in [0.4, 0.5) is 0 Å². The van der Waals surface area contributed by atoms with Gasteiger partial charge in [-0.05, 0) is 20.3 Å². The molecule has 0 aliphatic carbocycles. The number of Topliss-reactive ketones (excluding diaryl/α,β-unsaturated/α-hetero) is 1. The Morgan fingerprint density at radius 2 is 2.09 bits per heavy atom. The van der Waals surface area contributed by atoms with Crippen molar-refractivity contribution in [3.8, 4) is 0 Å². The maximum Gasteiger partial charge on any atom is 0.136 e. The van der Waals surface area contributed by atoms with E-state index in [1.807, 2.05) is 13.8 Å². The molecule has 62 valence electrons. The summed E-state index contributed by atoms with van der Waals surface area (Å²) in [4.78, 5) is 10.9. The molecule has 0 rings (SSSR count). The van der Waals surface area contributed by atoms with Crippen molar-refractivity contribution in [3.05, 3.63) is 24.3 Å². The minimum absolute atomic E-state index is 0.275. The first kappa shape index (κ1) is 10.2. The van der Waals surface area contributed by atoms with Gasteiger partial charge in [-0.1, -0.05) is 17.7 Å². The lowest BCUT2D eigenvalue weighted by molar-refractivity contribution is -0.118. The molecular formula is C10H16O.